The highest BCUT2D eigenvalue weighted by Crippen LogP contribution is 2.34. The average Bonchev–Trinajstić information content (AvgIpc) is 3.21. The zero-order valence-electron chi connectivity index (χ0n) is 14.1. The van der Waals surface area contributed by atoms with Crippen molar-refractivity contribution in [3.8, 4) is 11.4 Å². The molecule has 1 atom stereocenters. The maximum atomic E-state index is 13.2. The van der Waals surface area contributed by atoms with Crippen LogP contribution in [0.4, 0.5) is 0 Å². The molecule has 1 N–H and O–H groups in total. The minimum Gasteiger partial charge on any atom is -0.335 e. The number of hydrogen-bond acceptors (Lipinski definition) is 3. The first-order valence-corrected chi connectivity index (χ1v) is 8.55. The van der Waals surface area contributed by atoms with Crippen LogP contribution in [0.25, 0.3) is 11.4 Å². The van der Waals surface area contributed by atoms with E-state index in [1.165, 1.54) is 17.5 Å². The lowest BCUT2D eigenvalue weighted by Gasteiger charge is -2.33. The van der Waals surface area contributed by atoms with Crippen molar-refractivity contribution in [2.24, 2.45) is 0 Å². The maximum absolute atomic E-state index is 13.2. The van der Waals surface area contributed by atoms with E-state index in [0.717, 1.165) is 24.8 Å². The number of carbonyl (C=O) groups excluding carboxylic acids is 1. The summed E-state index contributed by atoms with van der Waals surface area (Å²) in [5.74, 6) is 0.620. The van der Waals surface area contributed by atoms with Gasteiger partial charge in [0.1, 0.15) is 6.33 Å². The first kappa shape index (κ1) is 15.6. The van der Waals surface area contributed by atoms with Crippen molar-refractivity contribution in [3.63, 3.8) is 0 Å². The summed E-state index contributed by atoms with van der Waals surface area (Å²) in [5.41, 5.74) is 4.04. The standard InChI is InChI=1S/C20H20N4O/c1-24(18-12-6-8-14-7-2-3-9-15(14)18)20(25)17-11-5-4-10-16(17)19-21-13-22-23-19/h2-5,7,9-11,13,18H,6,8,12H2,1H3,(H,21,22,23)/t18-/m1/s1. The number of rotatable bonds is 3. The van der Waals surface area contributed by atoms with Crippen molar-refractivity contribution >= 4 is 5.91 Å². The molecule has 1 aliphatic rings. The molecule has 25 heavy (non-hydrogen) atoms. The highest BCUT2D eigenvalue weighted by atomic mass is 16.2. The molecule has 0 saturated heterocycles. The van der Waals surface area contributed by atoms with E-state index < -0.39 is 0 Å². The number of aromatic amines is 1. The Morgan fingerprint density at radius 2 is 1.96 bits per heavy atom. The average molecular weight is 332 g/mol. The van der Waals surface area contributed by atoms with Crippen molar-refractivity contribution in [3.05, 3.63) is 71.5 Å². The van der Waals surface area contributed by atoms with E-state index in [1.807, 2.05) is 36.2 Å². The van der Waals surface area contributed by atoms with Gasteiger partial charge in [-0.3, -0.25) is 9.89 Å². The van der Waals surface area contributed by atoms with Gasteiger partial charge in [-0.15, -0.1) is 0 Å². The summed E-state index contributed by atoms with van der Waals surface area (Å²) in [7, 11) is 1.90. The van der Waals surface area contributed by atoms with Gasteiger partial charge in [0.2, 0.25) is 0 Å². The Bertz CT molecular complexity index is 888. The quantitative estimate of drug-likeness (QED) is 0.797. The van der Waals surface area contributed by atoms with E-state index in [2.05, 4.69) is 39.4 Å². The van der Waals surface area contributed by atoms with Crippen LogP contribution in [-0.4, -0.2) is 33.0 Å². The summed E-state index contributed by atoms with van der Waals surface area (Å²) in [6.07, 6.45) is 4.63. The molecule has 0 bridgehead atoms. The lowest BCUT2D eigenvalue weighted by atomic mass is 9.86. The molecule has 0 aliphatic heterocycles. The van der Waals surface area contributed by atoms with Crippen molar-refractivity contribution in [2.45, 2.75) is 25.3 Å². The second-order valence-electron chi connectivity index (χ2n) is 6.40. The molecule has 0 radical (unpaired) electrons. The minimum absolute atomic E-state index is 0.00806. The molecule has 0 spiro atoms. The molecule has 1 aromatic heterocycles. The molecule has 5 nitrogen and oxygen atoms in total. The molecule has 0 fully saturated rings. The number of aromatic nitrogens is 3. The van der Waals surface area contributed by atoms with Crippen molar-refractivity contribution in [1.29, 1.82) is 0 Å². The van der Waals surface area contributed by atoms with Crippen molar-refractivity contribution < 1.29 is 4.79 Å². The molecule has 2 aromatic carbocycles. The highest BCUT2D eigenvalue weighted by Gasteiger charge is 2.28. The number of aryl methyl sites for hydroxylation is 1. The topological polar surface area (TPSA) is 61.9 Å². The predicted molar refractivity (Wildman–Crippen MR) is 96.0 cm³/mol. The van der Waals surface area contributed by atoms with E-state index in [9.17, 15) is 4.79 Å². The second kappa shape index (κ2) is 6.51. The van der Waals surface area contributed by atoms with Gasteiger partial charge in [-0.1, -0.05) is 42.5 Å². The van der Waals surface area contributed by atoms with Crippen LogP contribution in [-0.2, 0) is 6.42 Å². The van der Waals surface area contributed by atoms with Gasteiger partial charge >= 0.3 is 0 Å². The molecule has 1 heterocycles. The van der Waals surface area contributed by atoms with Gasteiger partial charge in [0, 0.05) is 12.6 Å². The molecule has 5 heteroatoms. The number of nitrogens with one attached hydrogen (secondary N) is 1. The van der Waals surface area contributed by atoms with Crippen LogP contribution in [0.1, 0.15) is 40.4 Å². The Kier molecular flexibility index (Phi) is 4.06. The van der Waals surface area contributed by atoms with Gasteiger partial charge < -0.3 is 4.90 Å². The van der Waals surface area contributed by atoms with Crippen LogP contribution in [0.5, 0.6) is 0 Å². The van der Waals surface area contributed by atoms with Gasteiger partial charge in [-0.05, 0) is 36.5 Å². The number of hydrogen-bond donors (Lipinski definition) is 1. The summed E-state index contributed by atoms with van der Waals surface area (Å²) in [4.78, 5) is 19.3. The number of H-pyrrole nitrogens is 1. The van der Waals surface area contributed by atoms with Crippen LogP contribution in [0, 0.1) is 0 Å². The third-order valence-electron chi connectivity index (χ3n) is 4.95. The van der Waals surface area contributed by atoms with Gasteiger partial charge in [0.05, 0.1) is 11.6 Å². The van der Waals surface area contributed by atoms with Crippen molar-refractivity contribution in [1.82, 2.24) is 20.1 Å². The monoisotopic (exact) mass is 332 g/mol. The molecule has 0 unspecified atom stereocenters. The van der Waals surface area contributed by atoms with Gasteiger partial charge in [0.25, 0.3) is 5.91 Å². The van der Waals surface area contributed by atoms with Crippen LogP contribution in [0.3, 0.4) is 0 Å². The normalized spacial score (nSPS) is 16.3. The largest absolute Gasteiger partial charge is 0.335 e. The van der Waals surface area contributed by atoms with E-state index in [0.29, 0.717) is 11.4 Å². The van der Waals surface area contributed by atoms with E-state index in [1.54, 1.807) is 0 Å². The zero-order chi connectivity index (χ0) is 17.2. The van der Waals surface area contributed by atoms with Crippen molar-refractivity contribution in [2.75, 3.05) is 7.05 Å². The molecule has 3 aromatic rings. The molecule has 0 saturated carbocycles. The zero-order valence-corrected chi connectivity index (χ0v) is 14.1. The molecule has 4 rings (SSSR count). The van der Waals surface area contributed by atoms with Crippen LogP contribution in [0.15, 0.2) is 54.9 Å². The molecule has 1 aliphatic carbocycles. The molecular formula is C20H20N4O. The van der Waals surface area contributed by atoms with Crippen LogP contribution in [0.2, 0.25) is 0 Å². The fraction of sp³-hybridized carbons (Fsp3) is 0.250. The predicted octanol–water partition coefficient (Wildman–Crippen LogP) is 3.62. The summed E-state index contributed by atoms with van der Waals surface area (Å²) >= 11 is 0. The highest BCUT2D eigenvalue weighted by molar-refractivity contribution is 6.00. The molecule has 126 valence electrons. The lowest BCUT2D eigenvalue weighted by molar-refractivity contribution is 0.0716. The summed E-state index contributed by atoms with van der Waals surface area (Å²) in [6.45, 7) is 0. The molecule has 1 amide bonds. The SMILES string of the molecule is CN(C(=O)c1ccccc1-c1ncn[nH]1)[C@@H]1CCCc2ccccc21. The first-order chi connectivity index (χ1) is 12.3. The Hall–Kier alpha value is -2.95. The Morgan fingerprint density at radius 3 is 2.80 bits per heavy atom. The number of benzene rings is 2. The Labute approximate surface area is 146 Å². The van der Waals surface area contributed by atoms with E-state index >= 15 is 0 Å². The maximum Gasteiger partial charge on any atom is 0.254 e. The summed E-state index contributed by atoms with van der Waals surface area (Å²) in [6, 6.07) is 16.1. The smallest absolute Gasteiger partial charge is 0.254 e. The fourth-order valence-electron chi connectivity index (χ4n) is 3.67. The minimum atomic E-state index is 0.00806. The fourth-order valence-corrected chi connectivity index (χ4v) is 3.67. The van der Waals surface area contributed by atoms with Crippen LogP contribution < -0.4 is 0 Å². The molecular weight excluding hydrogens is 312 g/mol. The first-order valence-electron chi connectivity index (χ1n) is 8.55. The van der Waals surface area contributed by atoms with Gasteiger partial charge in [-0.25, -0.2) is 4.98 Å². The van der Waals surface area contributed by atoms with E-state index in [4.69, 9.17) is 0 Å². The number of amides is 1. The van der Waals surface area contributed by atoms with E-state index in [-0.39, 0.29) is 11.9 Å². The number of nitrogens with zero attached hydrogens (tertiary/aromatic N) is 3. The van der Waals surface area contributed by atoms with Gasteiger partial charge in [0.15, 0.2) is 5.82 Å². The third-order valence-corrected chi connectivity index (χ3v) is 4.95. The number of carbonyl (C=O) groups is 1. The second-order valence-corrected chi connectivity index (χ2v) is 6.40. The van der Waals surface area contributed by atoms with Crippen LogP contribution >= 0.6 is 0 Å². The number of fused-ring (bicyclic) bond motifs is 1. The van der Waals surface area contributed by atoms with Gasteiger partial charge in [-0.2, -0.15) is 5.10 Å². The summed E-state index contributed by atoms with van der Waals surface area (Å²) in [5, 5.41) is 6.75. The third kappa shape index (κ3) is 2.82. The summed E-state index contributed by atoms with van der Waals surface area (Å²) < 4.78 is 0. The Morgan fingerprint density at radius 1 is 1.16 bits per heavy atom. The lowest BCUT2D eigenvalue weighted by Crippen LogP contribution is -2.33. The Balaban J connectivity index is 1.69.